The molecule has 2 heterocycles. The summed E-state index contributed by atoms with van der Waals surface area (Å²) in [6.07, 6.45) is 1.31. The van der Waals surface area contributed by atoms with Gasteiger partial charge in [0.2, 0.25) is 5.91 Å². The zero-order chi connectivity index (χ0) is 21.6. The molecular formula is C23H25ClN4O2S. The van der Waals surface area contributed by atoms with Crippen LogP contribution < -0.4 is 0 Å². The van der Waals surface area contributed by atoms with Gasteiger partial charge in [-0.2, -0.15) is 0 Å². The molecule has 8 heteroatoms. The second-order valence-corrected chi connectivity index (χ2v) is 8.93. The van der Waals surface area contributed by atoms with E-state index in [1.807, 2.05) is 33.7 Å². The first-order valence-electron chi connectivity index (χ1n) is 10.4. The average Bonchev–Trinajstić information content (AvgIpc) is 3.21. The lowest BCUT2D eigenvalue weighted by molar-refractivity contribution is -0.135. The normalized spacial score (nSPS) is 14.1. The molecule has 1 saturated heterocycles. The monoisotopic (exact) mass is 456 g/mol. The molecule has 0 aliphatic carbocycles. The molecule has 6 nitrogen and oxygen atoms in total. The highest BCUT2D eigenvalue weighted by atomic mass is 35.5. The van der Waals surface area contributed by atoms with Crippen molar-refractivity contribution in [3.63, 3.8) is 0 Å². The van der Waals surface area contributed by atoms with Crippen LogP contribution in [0.15, 0.2) is 53.7 Å². The van der Waals surface area contributed by atoms with Gasteiger partial charge in [0.15, 0.2) is 11.0 Å². The predicted molar refractivity (Wildman–Crippen MR) is 124 cm³/mol. The van der Waals surface area contributed by atoms with E-state index >= 15 is 0 Å². The third-order valence-corrected chi connectivity index (χ3v) is 6.39. The number of amides is 1. The summed E-state index contributed by atoms with van der Waals surface area (Å²) in [5, 5.41) is 10.4. The average molecular weight is 457 g/mol. The fraction of sp³-hybridized carbons (Fsp3) is 0.348. The van der Waals surface area contributed by atoms with Crippen molar-refractivity contribution in [1.82, 2.24) is 19.7 Å². The number of benzene rings is 2. The van der Waals surface area contributed by atoms with Crippen molar-refractivity contribution in [3.05, 3.63) is 59.1 Å². The van der Waals surface area contributed by atoms with E-state index in [1.165, 1.54) is 5.56 Å². The van der Waals surface area contributed by atoms with Gasteiger partial charge in [-0.1, -0.05) is 59.3 Å². The van der Waals surface area contributed by atoms with Crippen LogP contribution in [0.2, 0.25) is 5.02 Å². The van der Waals surface area contributed by atoms with Crippen LogP contribution in [0.1, 0.15) is 18.4 Å². The molecule has 0 bridgehead atoms. The molecule has 3 aromatic rings. The summed E-state index contributed by atoms with van der Waals surface area (Å²) in [7, 11) is 0. The topological polar surface area (TPSA) is 60.3 Å². The Morgan fingerprint density at radius 2 is 1.90 bits per heavy atom. The molecule has 162 valence electrons. The summed E-state index contributed by atoms with van der Waals surface area (Å²) in [6.45, 7) is 4.70. The number of halogens is 1. The van der Waals surface area contributed by atoms with E-state index in [2.05, 4.69) is 41.4 Å². The number of aromatic nitrogens is 3. The fourth-order valence-corrected chi connectivity index (χ4v) is 4.53. The first-order valence-corrected chi connectivity index (χ1v) is 11.7. The fourth-order valence-electron chi connectivity index (χ4n) is 3.46. The largest absolute Gasteiger partial charge is 0.378 e. The molecule has 31 heavy (non-hydrogen) atoms. The van der Waals surface area contributed by atoms with Crippen molar-refractivity contribution in [3.8, 4) is 17.1 Å². The lowest BCUT2D eigenvalue weighted by Gasteiger charge is -2.26. The van der Waals surface area contributed by atoms with E-state index < -0.39 is 0 Å². The predicted octanol–water partition coefficient (Wildman–Crippen LogP) is 4.63. The van der Waals surface area contributed by atoms with E-state index in [1.54, 1.807) is 11.8 Å². The molecule has 1 fully saturated rings. The molecule has 1 aliphatic rings. The van der Waals surface area contributed by atoms with E-state index in [4.69, 9.17) is 16.3 Å². The number of aryl methyl sites for hydroxylation is 1. The number of carbonyl (C=O) groups excluding carboxylic acids is 1. The summed E-state index contributed by atoms with van der Waals surface area (Å²) in [4.78, 5) is 14.3. The summed E-state index contributed by atoms with van der Waals surface area (Å²) >= 11 is 7.86. The summed E-state index contributed by atoms with van der Waals surface area (Å²) in [6, 6.07) is 15.9. The van der Waals surface area contributed by atoms with Crippen LogP contribution in [0, 0.1) is 6.92 Å². The molecule has 0 N–H and O–H groups in total. The van der Waals surface area contributed by atoms with Gasteiger partial charge in [-0.05, 0) is 31.5 Å². The minimum atomic E-state index is 0.195. The highest BCUT2D eigenvalue weighted by Gasteiger charge is 2.18. The van der Waals surface area contributed by atoms with Crippen LogP contribution in [-0.2, 0) is 9.53 Å². The van der Waals surface area contributed by atoms with Crippen LogP contribution in [0.4, 0.5) is 0 Å². The first-order chi connectivity index (χ1) is 15.1. The standard InChI is InChI=1S/C23H25ClN4O2S/c1-17-7-9-18(10-8-17)22-25-26-23(28(22)20-5-2-4-19(24)16-20)31-15-3-6-21(29)27-11-13-30-14-12-27/h2,4-5,7-10,16H,3,6,11-15H2,1H3. The van der Waals surface area contributed by atoms with Gasteiger partial charge in [0, 0.05) is 35.8 Å². The molecule has 1 aliphatic heterocycles. The molecule has 0 spiro atoms. The number of morpholine rings is 1. The molecule has 1 aromatic heterocycles. The zero-order valence-electron chi connectivity index (χ0n) is 17.5. The maximum atomic E-state index is 12.4. The van der Waals surface area contributed by atoms with Crippen molar-refractivity contribution >= 4 is 29.3 Å². The van der Waals surface area contributed by atoms with Crippen molar-refractivity contribution in [2.75, 3.05) is 32.1 Å². The van der Waals surface area contributed by atoms with Crippen LogP contribution in [0.25, 0.3) is 17.1 Å². The quantitative estimate of drug-likeness (QED) is 0.383. The van der Waals surface area contributed by atoms with Gasteiger partial charge in [-0.25, -0.2) is 0 Å². The Bertz CT molecular complexity index is 1030. The number of hydrogen-bond donors (Lipinski definition) is 0. The zero-order valence-corrected chi connectivity index (χ0v) is 19.0. The van der Waals surface area contributed by atoms with Gasteiger partial charge < -0.3 is 9.64 Å². The van der Waals surface area contributed by atoms with Crippen molar-refractivity contribution in [1.29, 1.82) is 0 Å². The molecule has 0 atom stereocenters. The molecular weight excluding hydrogens is 432 g/mol. The van der Waals surface area contributed by atoms with Crippen LogP contribution >= 0.6 is 23.4 Å². The molecule has 4 rings (SSSR count). The Hall–Kier alpha value is -2.35. The highest BCUT2D eigenvalue weighted by molar-refractivity contribution is 7.99. The number of thioether (sulfide) groups is 1. The van der Waals surface area contributed by atoms with Crippen LogP contribution in [0.5, 0.6) is 0 Å². The Labute approximate surface area is 191 Å². The maximum Gasteiger partial charge on any atom is 0.222 e. The van der Waals surface area contributed by atoms with Gasteiger partial charge in [0.25, 0.3) is 0 Å². The van der Waals surface area contributed by atoms with Gasteiger partial charge in [-0.3, -0.25) is 9.36 Å². The number of carbonyl (C=O) groups is 1. The van der Waals surface area contributed by atoms with E-state index in [0.29, 0.717) is 37.7 Å². The molecule has 1 amide bonds. The molecule has 0 unspecified atom stereocenters. The van der Waals surface area contributed by atoms with Gasteiger partial charge >= 0.3 is 0 Å². The number of nitrogens with zero attached hydrogens (tertiary/aromatic N) is 4. The highest BCUT2D eigenvalue weighted by Crippen LogP contribution is 2.29. The van der Waals surface area contributed by atoms with Crippen LogP contribution in [-0.4, -0.2) is 57.6 Å². The first kappa shape index (κ1) is 21.9. The van der Waals surface area contributed by atoms with Crippen LogP contribution in [0.3, 0.4) is 0 Å². The van der Waals surface area contributed by atoms with Crippen molar-refractivity contribution in [2.24, 2.45) is 0 Å². The summed E-state index contributed by atoms with van der Waals surface area (Å²) in [5.41, 5.74) is 3.10. The second-order valence-electron chi connectivity index (χ2n) is 7.43. The molecule has 2 aromatic carbocycles. The van der Waals surface area contributed by atoms with Gasteiger partial charge in [0.1, 0.15) is 0 Å². The molecule has 0 radical (unpaired) electrons. The summed E-state index contributed by atoms with van der Waals surface area (Å²) in [5.74, 6) is 1.75. The molecule has 0 saturated carbocycles. The van der Waals surface area contributed by atoms with E-state index in [0.717, 1.165) is 34.4 Å². The maximum absolute atomic E-state index is 12.4. The van der Waals surface area contributed by atoms with Gasteiger partial charge in [0.05, 0.1) is 18.9 Å². The third kappa shape index (κ3) is 5.47. The Morgan fingerprint density at radius 1 is 1.13 bits per heavy atom. The lowest BCUT2D eigenvalue weighted by atomic mass is 10.1. The third-order valence-electron chi connectivity index (χ3n) is 5.14. The number of hydrogen-bond acceptors (Lipinski definition) is 5. The van der Waals surface area contributed by atoms with E-state index in [-0.39, 0.29) is 5.91 Å². The minimum Gasteiger partial charge on any atom is -0.378 e. The lowest BCUT2D eigenvalue weighted by Crippen LogP contribution is -2.40. The minimum absolute atomic E-state index is 0.195. The van der Waals surface area contributed by atoms with Gasteiger partial charge in [-0.15, -0.1) is 10.2 Å². The summed E-state index contributed by atoms with van der Waals surface area (Å²) < 4.78 is 7.35. The smallest absolute Gasteiger partial charge is 0.222 e. The number of ether oxygens (including phenoxy) is 1. The SMILES string of the molecule is Cc1ccc(-c2nnc(SCCCC(=O)N3CCOCC3)n2-c2cccc(Cl)c2)cc1. The van der Waals surface area contributed by atoms with Crippen molar-refractivity contribution in [2.45, 2.75) is 24.9 Å². The second kappa shape index (κ2) is 10.3. The Morgan fingerprint density at radius 3 is 2.65 bits per heavy atom. The Kier molecular flexibility index (Phi) is 7.27. The number of rotatable bonds is 7. The Balaban J connectivity index is 1.49. The van der Waals surface area contributed by atoms with E-state index in [9.17, 15) is 4.79 Å². The van der Waals surface area contributed by atoms with Crippen molar-refractivity contribution < 1.29 is 9.53 Å².